The zero-order valence-electron chi connectivity index (χ0n) is 16.3. The van der Waals surface area contributed by atoms with Gasteiger partial charge in [-0.3, -0.25) is 0 Å². The lowest BCUT2D eigenvalue weighted by Gasteiger charge is -2.41. The molecule has 1 fully saturated rings. The number of allylic oxidation sites excluding steroid dienone is 1. The number of hydrogen-bond donors (Lipinski definition) is 2. The Morgan fingerprint density at radius 1 is 1.41 bits per heavy atom. The van der Waals surface area contributed by atoms with Crippen molar-refractivity contribution < 1.29 is 19.1 Å². The molecule has 1 aromatic heterocycles. The second kappa shape index (κ2) is 8.25. The molecule has 3 N–H and O–H groups in total. The Morgan fingerprint density at radius 3 is 2.81 bits per heavy atom. The van der Waals surface area contributed by atoms with Gasteiger partial charge in [0.15, 0.2) is 5.60 Å². The summed E-state index contributed by atoms with van der Waals surface area (Å²) in [6, 6.07) is -0.573. The van der Waals surface area contributed by atoms with Crippen molar-refractivity contribution in [1.82, 2.24) is 0 Å². The highest BCUT2D eigenvalue weighted by Crippen LogP contribution is 2.37. The van der Waals surface area contributed by atoms with Crippen LogP contribution in [0, 0.1) is 5.92 Å². The van der Waals surface area contributed by atoms with Crippen LogP contribution < -0.4 is 16.4 Å². The van der Waals surface area contributed by atoms with Crippen molar-refractivity contribution in [2.24, 2.45) is 11.7 Å². The van der Waals surface area contributed by atoms with Crippen molar-refractivity contribution in [3.8, 4) is 0 Å². The standard InChI is InChI=1S/C21H29NO4S/c1-4-14-16(5-2)26-17-9-7-8-13-11-25-21(20(23)24,10-15(13)19(14)17)18(22)12-27-6-3/h7-9,13,18H,4-6,10-12,22H2,1-3H3,(H,23,24)/t13?,18-,21+/m0/s1. The average Bonchev–Trinajstić information content (AvgIpc) is 2.93. The second-order valence-electron chi connectivity index (χ2n) is 7.08. The van der Waals surface area contributed by atoms with Gasteiger partial charge in [0.2, 0.25) is 0 Å². The lowest BCUT2D eigenvalue weighted by atomic mass is 9.79. The quantitative estimate of drug-likeness (QED) is 0.738. The highest BCUT2D eigenvalue weighted by molar-refractivity contribution is 7.99. The first-order valence-corrected chi connectivity index (χ1v) is 10.9. The summed E-state index contributed by atoms with van der Waals surface area (Å²) in [6.07, 6.45) is 8.01. The van der Waals surface area contributed by atoms with E-state index >= 15 is 0 Å². The number of ether oxygens (including phenoxy) is 1. The molecule has 1 saturated heterocycles. The van der Waals surface area contributed by atoms with Crippen molar-refractivity contribution in [3.63, 3.8) is 0 Å². The predicted molar refractivity (Wildman–Crippen MR) is 109 cm³/mol. The molecule has 3 atom stereocenters. The van der Waals surface area contributed by atoms with E-state index in [0.717, 1.165) is 40.6 Å². The van der Waals surface area contributed by atoms with Gasteiger partial charge >= 0.3 is 5.97 Å². The molecular formula is C21H29NO4S. The minimum Gasteiger partial charge on any atom is -0.479 e. The maximum absolute atomic E-state index is 12.3. The maximum Gasteiger partial charge on any atom is 0.337 e. The number of carboxylic acids is 1. The normalized spacial score (nSPS) is 25.3. The maximum atomic E-state index is 12.3. The van der Waals surface area contributed by atoms with E-state index in [1.54, 1.807) is 11.8 Å². The zero-order valence-corrected chi connectivity index (χ0v) is 17.1. The molecule has 6 heteroatoms. The van der Waals surface area contributed by atoms with E-state index < -0.39 is 17.6 Å². The Kier molecular flexibility index (Phi) is 6.18. The summed E-state index contributed by atoms with van der Waals surface area (Å²) in [6.45, 7) is 6.57. The third kappa shape index (κ3) is 3.50. The first-order valence-electron chi connectivity index (χ1n) is 9.71. The van der Waals surface area contributed by atoms with Crippen LogP contribution in [-0.4, -0.2) is 40.8 Å². The molecule has 27 heavy (non-hydrogen) atoms. The first kappa shape index (κ1) is 20.2. The van der Waals surface area contributed by atoms with Crippen LogP contribution in [0.5, 0.6) is 0 Å². The van der Waals surface area contributed by atoms with Crippen LogP contribution in [0.15, 0.2) is 16.6 Å². The first-order chi connectivity index (χ1) is 13.0. The van der Waals surface area contributed by atoms with E-state index in [2.05, 4.69) is 19.9 Å². The molecule has 3 rings (SSSR count). The number of furan rings is 1. The number of carboxylic acid groups (broad SMARTS) is 1. The van der Waals surface area contributed by atoms with Gasteiger partial charge < -0.3 is 20.0 Å². The molecule has 0 aromatic carbocycles. The molecule has 0 bridgehead atoms. The number of hydrogen-bond acceptors (Lipinski definition) is 5. The summed E-state index contributed by atoms with van der Waals surface area (Å²) >= 11 is 1.64. The largest absolute Gasteiger partial charge is 0.479 e. The Bertz CT molecular complexity index is 856. The Hall–Kier alpha value is -1.50. The molecule has 1 unspecified atom stereocenters. The van der Waals surface area contributed by atoms with E-state index in [9.17, 15) is 9.90 Å². The molecule has 0 spiro atoms. The summed E-state index contributed by atoms with van der Waals surface area (Å²) in [4.78, 5) is 12.3. The van der Waals surface area contributed by atoms with Crippen molar-refractivity contribution in [3.05, 3.63) is 34.1 Å². The summed E-state index contributed by atoms with van der Waals surface area (Å²) < 4.78 is 12.1. The molecule has 5 nitrogen and oxygen atoms in total. The predicted octanol–water partition coefficient (Wildman–Crippen LogP) is 1.85. The lowest BCUT2D eigenvalue weighted by Crippen LogP contribution is -2.60. The molecule has 2 aliphatic rings. The molecule has 0 radical (unpaired) electrons. The second-order valence-corrected chi connectivity index (χ2v) is 8.40. The van der Waals surface area contributed by atoms with E-state index in [4.69, 9.17) is 14.9 Å². The number of thioether (sulfide) groups is 1. The number of aryl methyl sites for hydroxylation is 1. The summed E-state index contributed by atoms with van der Waals surface area (Å²) in [7, 11) is 0. The topological polar surface area (TPSA) is 85.7 Å². The molecule has 1 aliphatic heterocycles. The highest BCUT2D eigenvalue weighted by Gasteiger charge is 2.50. The highest BCUT2D eigenvalue weighted by atomic mass is 32.2. The number of carbonyl (C=O) groups is 1. The Morgan fingerprint density at radius 2 is 2.19 bits per heavy atom. The monoisotopic (exact) mass is 391 g/mol. The van der Waals surface area contributed by atoms with Crippen LogP contribution in [0.25, 0.3) is 11.6 Å². The molecule has 0 amide bonds. The molecule has 148 valence electrons. The van der Waals surface area contributed by atoms with Crippen molar-refractivity contribution >= 4 is 29.4 Å². The summed E-state index contributed by atoms with van der Waals surface area (Å²) in [5, 5.41) is 11.1. The number of nitrogens with two attached hydrogens (primary N) is 1. The van der Waals surface area contributed by atoms with Crippen LogP contribution >= 0.6 is 11.8 Å². The van der Waals surface area contributed by atoms with Gasteiger partial charge in [0, 0.05) is 35.3 Å². The van der Waals surface area contributed by atoms with Crippen LogP contribution in [0.3, 0.4) is 0 Å². The van der Waals surface area contributed by atoms with Crippen LogP contribution in [0.2, 0.25) is 0 Å². The van der Waals surface area contributed by atoms with E-state index in [1.807, 2.05) is 19.1 Å². The van der Waals surface area contributed by atoms with E-state index in [1.165, 1.54) is 5.56 Å². The van der Waals surface area contributed by atoms with Crippen LogP contribution in [0.1, 0.15) is 38.5 Å². The smallest absolute Gasteiger partial charge is 0.337 e. The minimum absolute atomic E-state index is 0.0496. The fourth-order valence-electron chi connectivity index (χ4n) is 4.10. The van der Waals surface area contributed by atoms with Gasteiger partial charge in [-0.15, -0.1) is 0 Å². The zero-order chi connectivity index (χ0) is 19.6. The fraction of sp³-hybridized carbons (Fsp3) is 0.571. The van der Waals surface area contributed by atoms with Crippen molar-refractivity contribution in [2.45, 2.75) is 51.7 Å². The lowest BCUT2D eigenvalue weighted by molar-refractivity contribution is -0.171. The third-order valence-corrected chi connectivity index (χ3v) is 6.59. The van der Waals surface area contributed by atoms with Gasteiger partial charge in [-0.05, 0) is 23.8 Å². The Balaban J connectivity index is 2.17. The van der Waals surface area contributed by atoms with Crippen LogP contribution in [0.4, 0.5) is 0 Å². The van der Waals surface area contributed by atoms with Crippen molar-refractivity contribution in [1.29, 1.82) is 0 Å². The molecule has 1 aliphatic carbocycles. The average molecular weight is 392 g/mol. The summed E-state index contributed by atoms with van der Waals surface area (Å²) in [5.74, 6) is 1.51. The summed E-state index contributed by atoms with van der Waals surface area (Å²) in [5.41, 5.74) is 8.07. The van der Waals surface area contributed by atoms with Gasteiger partial charge in [-0.25, -0.2) is 4.79 Å². The molecule has 2 heterocycles. The third-order valence-electron chi connectivity index (χ3n) is 5.59. The van der Waals surface area contributed by atoms with Gasteiger partial charge in [0.25, 0.3) is 0 Å². The molecule has 1 aromatic rings. The SMILES string of the molecule is CCSC[C@H](N)[C@@]1(C(=O)O)CC2=c3c(CC)c(CC)oc3=CC=CC2CO1. The number of aliphatic carboxylic acids is 1. The molecule has 0 saturated carbocycles. The van der Waals surface area contributed by atoms with Gasteiger partial charge in [-0.1, -0.05) is 32.9 Å². The van der Waals surface area contributed by atoms with E-state index in [0.29, 0.717) is 18.8 Å². The minimum atomic E-state index is -1.39. The van der Waals surface area contributed by atoms with E-state index in [-0.39, 0.29) is 5.92 Å². The van der Waals surface area contributed by atoms with Gasteiger partial charge in [0.1, 0.15) is 11.2 Å². The number of fused-ring (bicyclic) bond motifs is 2. The van der Waals surface area contributed by atoms with Gasteiger partial charge in [0.05, 0.1) is 12.6 Å². The van der Waals surface area contributed by atoms with Crippen molar-refractivity contribution in [2.75, 3.05) is 18.1 Å². The van der Waals surface area contributed by atoms with Crippen LogP contribution in [-0.2, 0) is 22.4 Å². The molecular weight excluding hydrogens is 362 g/mol. The van der Waals surface area contributed by atoms with Gasteiger partial charge in [-0.2, -0.15) is 11.8 Å². The fourth-order valence-corrected chi connectivity index (χ4v) is 4.86. The Labute approximate surface area is 164 Å². The number of rotatable bonds is 7.